The van der Waals surface area contributed by atoms with Crippen molar-refractivity contribution >= 4 is 17.0 Å². The average molecular weight is 232 g/mol. The van der Waals surface area contributed by atoms with Gasteiger partial charge in [0.2, 0.25) is 5.91 Å². The van der Waals surface area contributed by atoms with E-state index in [2.05, 4.69) is 10.3 Å². The van der Waals surface area contributed by atoms with Gasteiger partial charge in [-0.05, 0) is 17.7 Å². The van der Waals surface area contributed by atoms with Gasteiger partial charge in [0.1, 0.15) is 5.52 Å². The highest BCUT2D eigenvalue weighted by Crippen LogP contribution is 2.16. The lowest BCUT2D eigenvalue weighted by Crippen LogP contribution is -2.34. The highest BCUT2D eigenvalue weighted by atomic mass is 16.3. The molecule has 90 valence electrons. The molecule has 0 spiro atoms. The van der Waals surface area contributed by atoms with Crippen molar-refractivity contribution in [2.75, 3.05) is 0 Å². The van der Waals surface area contributed by atoms with Crippen LogP contribution < -0.4 is 5.32 Å². The minimum absolute atomic E-state index is 0.0372. The fourth-order valence-corrected chi connectivity index (χ4v) is 1.46. The van der Waals surface area contributed by atoms with Crippen molar-refractivity contribution in [1.29, 1.82) is 0 Å². The summed E-state index contributed by atoms with van der Waals surface area (Å²) < 4.78 is 5.21. The van der Waals surface area contributed by atoms with Crippen molar-refractivity contribution in [3.8, 4) is 0 Å². The molecule has 0 fully saturated rings. The highest BCUT2D eigenvalue weighted by Gasteiger charge is 2.20. The first-order valence-electron chi connectivity index (χ1n) is 5.57. The van der Waals surface area contributed by atoms with Crippen LogP contribution in [0.25, 0.3) is 11.1 Å². The topological polar surface area (TPSA) is 55.1 Å². The molecule has 1 amide bonds. The third-order valence-corrected chi connectivity index (χ3v) is 2.53. The van der Waals surface area contributed by atoms with E-state index in [0.29, 0.717) is 6.54 Å². The Balaban J connectivity index is 2.06. The number of nitrogens with zero attached hydrogens (tertiary/aromatic N) is 1. The Morgan fingerprint density at radius 3 is 2.88 bits per heavy atom. The third kappa shape index (κ3) is 2.64. The second-order valence-electron chi connectivity index (χ2n) is 5.09. The van der Waals surface area contributed by atoms with Crippen molar-refractivity contribution in [2.24, 2.45) is 5.41 Å². The zero-order valence-electron chi connectivity index (χ0n) is 10.3. The molecule has 1 aromatic carbocycles. The summed E-state index contributed by atoms with van der Waals surface area (Å²) in [6.07, 6.45) is 1.42. The largest absolute Gasteiger partial charge is 0.443 e. The van der Waals surface area contributed by atoms with Crippen molar-refractivity contribution < 1.29 is 9.21 Å². The van der Waals surface area contributed by atoms with E-state index in [1.165, 1.54) is 6.39 Å². The fraction of sp³-hybridized carbons (Fsp3) is 0.385. The van der Waals surface area contributed by atoms with Crippen LogP contribution in [0.1, 0.15) is 26.3 Å². The summed E-state index contributed by atoms with van der Waals surface area (Å²) in [5.74, 6) is 0.0372. The molecule has 1 N–H and O–H groups in total. The average Bonchev–Trinajstić information content (AvgIpc) is 2.71. The van der Waals surface area contributed by atoms with Gasteiger partial charge in [0.15, 0.2) is 12.0 Å². The lowest BCUT2D eigenvalue weighted by Gasteiger charge is -2.17. The molecule has 17 heavy (non-hydrogen) atoms. The Labute approximate surface area is 100 Å². The number of carbonyl (C=O) groups excluding carboxylic acids is 1. The summed E-state index contributed by atoms with van der Waals surface area (Å²) in [5.41, 5.74) is 2.21. The van der Waals surface area contributed by atoms with E-state index in [4.69, 9.17) is 4.42 Å². The zero-order valence-corrected chi connectivity index (χ0v) is 10.3. The second kappa shape index (κ2) is 4.20. The van der Waals surface area contributed by atoms with E-state index in [0.717, 1.165) is 16.7 Å². The first kappa shape index (κ1) is 11.6. The highest BCUT2D eigenvalue weighted by molar-refractivity contribution is 5.81. The molecule has 0 atom stereocenters. The molecular weight excluding hydrogens is 216 g/mol. The molecule has 0 saturated heterocycles. The number of carbonyl (C=O) groups is 1. The monoisotopic (exact) mass is 232 g/mol. The molecule has 1 aromatic heterocycles. The Morgan fingerprint density at radius 2 is 2.18 bits per heavy atom. The molecule has 0 saturated carbocycles. The third-order valence-electron chi connectivity index (χ3n) is 2.53. The maximum absolute atomic E-state index is 11.7. The standard InChI is InChI=1S/C13H16N2O2/c1-13(2,3)12(16)14-7-9-4-5-10-11(6-9)17-8-15-10/h4-6,8H,7H2,1-3H3,(H,14,16). The maximum atomic E-state index is 11.7. The van der Waals surface area contributed by atoms with Gasteiger partial charge >= 0.3 is 0 Å². The summed E-state index contributed by atoms with van der Waals surface area (Å²) in [6.45, 7) is 6.18. The Kier molecular flexibility index (Phi) is 2.88. The summed E-state index contributed by atoms with van der Waals surface area (Å²) in [5, 5.41) is 2.89. The van der Waals surface area contributed by atoms with E-state index in [1.807, 2.05) is 39.0 Å². The van der Waals surface area contributed by atoms with Crippen LogP contribution in [0.3, 0.4) is 0 Å². The molecule has 0 aliphatic carbocycles. The molecule has 4 heteroatoms. The smallest absolute Gasteiger partial charge is 0.225 e. The molecule has 0 aliphatic rings. The molecular formula is C13H16N2O2. The Bertz CT molecular complexity index is 538. The lowest BCUT2D eigenvalue weighted by molar-refractivity contribution is -0.128. The van der Waals surface area contributed by atoms with Crippen molar-refractivity contribution in [1.82, 2.24) is 10.3 Å². The number of hydrogen-bond donors (Lipinski definition) is 1. The fourth-order valence-electron chi connectivity index (χ4n) is 1.46. The molecule has 2 aromatic rings. The van der Waals surface area contributed by atoms with E-state index in [9.17, 15) is 4.79 Å². The molecule has 0 bridgehead atoms. The number of oxazole rings is 1. The molecule has 1 heterocycles. The Morgan fingerprint density at radius 1 is 1.41 bits per heavy atom. The van der Waals surface area contributed by atoms with Crippen LogP contribution in [0.5, 0.6) is 0 Å². The summed E-state index contributed by atoms with van der Waals surface area (Å²) in [6, 6.07) is 5.72. The number of aromatic nitrogens is 1. The van der Waals surface area contributed by atoms with Crippen LogP contribution >= 0.6 is 0 Å². The van der Waals surface area contributed by atoms with E-state index < -0.39 is 0 Å². The number of benzene rings is 1. The van der Waals surface area contributed by atoms with E-state index in [1.54, 1.807) is 0 Å². The Hall–Kier alpha value is -1.84. The van der Waals surface area contributed by atoms with Crippen LogP contribution in [0.4, 0.5) is 0 Å². The van der Waals surface area contributed by atoms with Gasteiger partial charge < -0.3 is 9.73 Å². The molecule has 0 unspecified atom stereocenters. The number of fused-ring (bicyclic) bond motifs is 1. The summed E-state index contributed by atoms with van der Waals surface area (Å²) in [4.78, 5) is 15.7. The molecule has 0 aliphatic heterocycles. The summed E-state index contributed by atoms with van der Waals surface area (Å²) >= 11 is 0. The molecule has 0 radical (unpaired) electrons. The minimum Gasteiger partial charge on any atom is -0.443 e. The van der Waals surface area contributed by atoms with Crippen LogP contribution in [0, 0.1) is 5.41 Å². The first-order valence-corrected chi connectivity index (χ1v) is 5.57. The lowest BCUT2D eigenvalue weighted by atomic mass is 9.95. The quantitative estimate of drug-likeness (QED) is 0.865. The van der Waals surface area contributed by atoms with Gasteiger partial charge in [-0.25, -0.2) is 4.98 Å². The predicted molar refractivity (Wildman–Crippen MR) is 65.3 cm³/mol. The second-order valence-corrected chi connectivity index (χ2v) is 5.09. The molecule has 4 nitrogen and oxygen atoms in total. The normalized spacial score (nSPS) is 11.7. The van der Waals surface area contributed by atoms with Crippen LogP contribution in [0.2, 0.25) is 0 Å². The van der Waals surface area contributed by atoms with Gasteiger partial charge in [0.05, 0.1) is 0 Å². The SMILES string of the molecule is CC(C)(C)C(=O)NCc1ccc2ncoc2c1. The van der Waals surface area contributed by atoms with E-state index >= 15 is 0 Å². The van der Waals surface area contributed by atoms with Crippen LogP contribution in [-0.2, 0) is 11.3 Å². The van der Waals surface area contributed by atoms with Crippen molar-refractivity contribution in [3.63, 3.8) is 0 Å². The summed E-state index contributed by atoms with van der Waals surface area (Å²) in [7, 11) is 0. The number of amides is 1. The van der Waals surface area contributed by atoms with E-state index in [-0.39, 0.29) is 11.3 Å². The van der Waals surface area contributed by atoms with Gasteiger partial charge in [0, 0.05) is 12.0 Å². The van der Waals surface area contributed by atoms with Crippen molar-refractivity contribution in [3.05, 3.63) is 30.2 Å². The van der Waals surface area contributed by atoms with Gasteiger partial charge in [-0.2, -0.15) is 0 Å². The van der Waals surface area contributed by atoms with Gasteiger partial charge in [-0.15, -0.1) is 0 Å². The minimum atomic E-state index is -0.365. The number of hydrogen-bond acceptors (Lipinski definition) is 3. The van der Waals surface area contributed by atoms with Gasteiger partial charge in [-0.1, -0.05) is 26.8 Å². The van der Waals surface area contributed by atoms with Gasteiger partial charge in [-0.3, -0.25) is 4.79 Å². The molecule has 2 rings (SSSR count). The van der Waals surface area contributed by atoms with Crippen LogP contribution in [-0.4, -0.2) is 10.9 Å². The maximum Gasteiger partial charge on any atom is 0.225 e. The van der Waals surface area contributed by atoms with Crippen LogP contribution in [0.15, 0.2) is 29.0 Å². The first-order chi connectivity index (χ1) is 7.97. The zero-order chi connectivity index (χ0) is 12.5. The number of rotatable bonds is 2. The van der Waals surface area contributed by atoms with Crippen molar-refractivity contribution in [2.45, 2.75) is 27.3 Å². The number of nitrogens with one attached hydrogen (secondary N) is 1. The predicted octanol–water partition coefficient (Wildman–Crippen LogP) is 2.49. The van der Waals surface area contributed by atoms with Gasteiger partial charge in [0.25, 0.3) is 0 Å².